The number of carbonyl (C=O) groups is 1. The van der Waals surface area contributed by atoms with E-state index in [9.17, 15) is 4.79 Å². The standard InChI is InChI=1S/C7H12O5/c1-12-6(2-3-8)7(11)5(10)4-9/h4,6,8,10-11H,2-3H2,1H3/b7-5-. The molecule has 0 rings (SSSR count). The van der Waals surface area contributed by atoms with Crippen molar-refractivity contribution in [3.8, 4) is 0 Å². The van der Waals surface area contributed by atoms with Crippen molar-refractivity contribution in [3.05, 3.63) is 11.5 Å². The van der Waals surface area contributed by atoms with Crippen LogP contribution in [0.4, 0.5) is 0 Å². The van der Waals surface area contributed by atoms with Gasteiger partial charge in [0, 0.05) is 20.1 Å². The van der Waals surface area contributed by atoms with E-state index in [1.807, 2.05) is 0 Å². The van der Waals surface area contributed by atoms with E-state index in [4.69, 9.17) is 15.3 Å². The van der Waals surface area contributed by atoms with E-state index in [1.165, 1.54) is 7.11 Å². The monoisotopic (exact) mass is 176 g/mol. The van der Waals surface area contributed by atoms with E-state index in [1.54, 1.807) is 0 Å². The van der Waals surface area contributed by atoms with Crippen molar-refractivity contribution >= 4 is 6.29 Å². The second-order valence-electron chi connectivity index (χ2n) is 2.12. The Kier molecular flexibility index (Phi) is 5.07. The third kappa shape index (κ3) is 2.89. The number of aliphatic hydroxyl groups excluding tert-OH is 3. The highest BCUT2D eigenvalue weighted by molar-refractivity contribution is 5.70. The van der Waals surface area contributed by atoms with Crippen LogP contribution in [0.15, 0.2) is 11.5 Å². The Labute approximate surface area is 69.9 Å². The van der Waals surface area contributed by atoms with Gasteiger partial charge in [0.2, 0.25) is 0 Å². The van der Waals surface area contributed by atoms with Gasteiger partial charge in [0.05, 0.1) is 0 Å². The average molecular weight is 176 g/mol. The van der Waals surface area contributed by atoms with Crippen molar-refractivity contribution in [3.63, 3.8) is 0 Å². The van der Waals surface area contributed by atoms with Crippen molar-refractivity contribution in [1.29, 1.82) is 0 Å². The van der Waals surface area contributed by atoms with Crippen molar-refractivity contribution in [2.45, 2.75) is 12.5 Å². The molecule has 12 heavy (non-hydrogen) atoms. The van der Waals surface area contributed by atoms with Gasteiger partial charge < -0.3 is 20.1 Å². The molecule has 0 spiro atoms. The predicted molar refractivity (Wildman–Crippen MR) is 40.8 cm³/mol. The van der Waals surface area contributed by atoms with E-state index in [2.05, 4.69) is 4.74 Å². The van der Waals surface area contributed by atoms with Crippen LogP contribution < -0.4 is 0 Å². The van der Waals surface area contributed by atoms with Crippen LogP contribution >= 0.6 is 0 Å². The molecule has 3 N–H and O–H groups in total. The van der Waals surface area contributed by atoms with Crippen LogP contribution in [0.5, 0.6) is 0 Å². The van der Waals surface area contributed by atoms with Gasteiger partial charge in [-0.15, -0.1) is 0 Å². The summed E-state index contributed by atoms with van der Waals surface area (Å²) in [7, 11) is 1.30. The summed E-state index contributed by atoms with van der Waals surface area (Å²) in [4.78, 5) is 9.99. The quantitative estimate of drug-likeness (QED) is 0.309. The molecule has 0 saturated heterocycles. The lowest BCUT2D eigenvalue weighted by molar-refractivity contribution is -0.107. The Morgan fingerprint density at radius 3 is 2.50 bits per heavy atom. The first-order valence-electron chi connectivity index (χ1n) is 3.38. The highest BCUT2D eigenvalue weighted by atomic mass is 16.5. The Bertz CT molecular complexity index is 175. The summed E-state index contributed by atoms with van der Waals surface area (Å²) in [6, 6.07) is 0. The molecule has 5 heteroatoms. The highest BCUT2D eigenvalue weighted by Crippen LogP contribution is 2.08. The Balaban J connectivity index is 4.38. The molecule has 0 aliphatic heterocycles. The van der Waals surface area contributed by atoms with E-state index >= 15 is 0 Å². The summed E-state index contributed by atoms with van der Waals surface area (Å²) in [6.45, 7) is -0.200. The molecular formula is C7H12O5. The van der Waals surface area contributed by atoms with Crippen molar-refractivity contribution in [1.82, 2.24) is 0 Å². The number of allylic oxidation sites excluding steroid dienone is 1. The normalized spacial score (nSPS) is 15.2. The second kappa shape index (κ2) is 5.56. The molecule has 1 atom stereocenters. The summed E-state index contributed by atoms with van der Waals surface area (Å²) in [5.41, 5.74) is 0. The third-order valence-electron chi connectivity index (χ3n) is 1.35. The molecule has 0 aromatic heterocycles. The van der Waals surface area contributed by atoms with Gasteiger partial charge >= 0.3 is 0 Å². The average Bonchev–Trinajstić information content (AvgIpc) is 2.11. The maximum atomic E-state index is 9.99. The van der Waals surface area contributed by atoms with E-state index < -0.39 is 17.6 Å². The number of hydrogen-bond acceptors (Lipinski definition) is 5. The number of aliphatic hydroxyl groups is 3. The van der Waals surface area contributed by atoms with Gasteiger partial charge in [-0.05, 0) is 0 Å². The van der Waals surface area contributed by atoms with E-state index in [-0.39, 0.29) is 19.3 Å². The fourth-order valence-electron chi connectivity index (χ4n) is 0.709. The molecule has 0 bridgehead atoms. The summed E-state index contributed by atoms with van der Waals surface area (Å²) in [5.74, 6) is -1.32. The number of rotatable bonds is 5. The van der Waals surface area contributed by atoms with Crippen LogP contribution in [0.1, 0.15) is 6.42 Å². The summed E-state index contributed by atoms with van der Waals surface area (Å²) in [6.07, 6.45) is -0.598. The zero-order valence-corrected chi connectivity index (χ0v) is 6.73. The van der Waals surface area contributed by atoms with Gasteiger partial charge in [-0.2, -0.15) is 0 Å². The lowest BCUT2D eigenvalue weighted by Gasteiger charge is -2.12. The molecule has 0 aromatic carbocycles. The number of ether oxygens (including phenoxy) is 1. The molecule has 70 valence electrons. The van der Waals surface area contributed by atoms with Gasteiger partial charge in [-0.1, -0.05) is 0 Å². The van der Waals surface area contributed by atoms with Crippen LogP contribution in [0, 0.1) is 0 Å². The first-order chi connectivity index (χ1) is 5.67. The molecule has 0 aromatic rings. The first kappa shape index (κ1) is 10.9. The molecule has 1 unspecified atom stereocenters. The largest absolute Gasteiger partial charge is 0.506 e. The highest BCUT2D eigenvalue weighted by Gasteiger charge is 2.16. The van der Waals surface area contributed by atoms with Gasteiger partial charge in [0.25, 0.3) is 0 Å². The zero-order chi connectivity index (χ0) is 9.56. The molecular weight excluding hydrogens is 164 g/mol. The molecule has 0 aliphatic carbocycles. The number of hydrogen-bond donors (Lipinski definition) is 3. The zero-order valence-electron chi connectivity index (χ0n) is 6.73. The Hall–Kier alpha value is -1.07. The molecule has 0 heterocycles. The Morgan fingerprint density at radius 1 is 1.58 bits per heavy atom. The molecule has 0 aliphatic rings. The minimum absolute atomic E-state index is 0.110. The summed E-state index contributed by atoms with van der Waals surface area (Å²) in [5, 5.41) is 26.3. The number of aldehydes is 1. The van der Waals surface area contributed by atoms with Gasteiger partial charge in [0.15, 0.2) is 17.8 Å². The fourth-order valence-corrected chi connectivity index (χ4v) is 0.709. The van der Waals surface area contributed by atoms with Crippen LogP contribution in [0.2, 0.25) is 0 Å². The summed E-state index contributed by atoms with van der Waals surface area (Å²) < 4.78 is 4.69. The third-order valence-corrected chi connectivity index (χ3v) is 1.35. The molecule has 0 fully saturated rings. The summed E-state index contributed by atoms with van der Waals surface area (Å²) >= 11 is 0. The smallest absolute Gasteiger partial charge is 0.196 e. The van der Waals surface area contributed by atoms with Gasteiger partial charge in [-0.3, -0.25) is 4.79 Å². The van der Waals surface area contributed by atoms with Gasteiger partial charge in [-0.25, -0.2) is 0 Å². The van der Waals surface area contributed by atoms with Crippen molar-refractivity contribution in [2.24, 2.45) is 0 Å². The predicted octanol–water partition coefficient (Wildman–Crippen LogP) is -0.0897. The first-order valence-corrected chi connectivity index (χ1v) is 3.38. The molecule has 5 nitrogen and oxygen atoms in total. The van der Waals surface area contributed by atoms with Crippen LogP contribution in [0.3, 0.4) is 0 Å². The minimum Gasteiger partial charge on any atom is -0.506 e. The van der Waals surface area contributed by atoms with E-state index in [0.717, 1.165) is 0 Å². The lowest BCUT2D eigenvalue weighted by atomic mass is 10.2. The molecule has 0 saturated carbocycles. The van der Waals surface area contributed by atoms with Crippen LogP contribution in [0.25, 0.3) is 0 Å². The van der Waals surface area contributed by atoms with Crippen LogP contribution in [-0.4, -0.2) is 41.4 Å². The second-order valence-corrected chi connectivity index (χ2v) is 2.12. The van der Waals surface area contributed by atoms with Crippen LogP contribution in [-0.2, 0) is 9.53 Å². The maximum absolute atomic E-state index is 9.99. The Morgan fingerprint density at radius 2 is 2.17 bits per heavy atom. The van der Waals surface area contributed by atoms with Gasteiger partial charge in [0.1, 0.15) is 6.10 Å². The van der Waals surface area contributed by atoms with Crippen molar-refractivity contribution < 1.29 is 24.9 Å². The van der Waals surface area contributed by atoms with Crippen molar-refractivity contribution in [2.75, 3.05) is 13.7 Å². The molecule has 0 amide bonds. The number of methoxy groups -OCH3 is 1. The fraction of sp³-hybridized carbons (Fsp3) is 0.571. The van der Waals surface area contributed by atoms with E-state index in [0.29, 0.717) is 0 Å². The maximum Gasteiger partial charge on any atom is 0.196 e. The minimum atomic E-state index is -0.833. The topological polar surface area (TPSA) is 87.0 Å². The lowest BCUT2D eigenvalue weighted by Crippen LogP contribution is -2.17. The number of carbonyl (C=O) groups excluding carboxylic acids is 1. The SMILES string of the molecule is COC(CCO)/C(O)=C(/O)C=O. The molecule has 0 radical (unpaired) electrons.